The third kappa shape index (κ3) is 3.78. The molecule has 2 heterocycles. The summed E-state index contributed by atoms with van der Waals surface area (Å²) in [5, 5.41) is 0.597. The van der Waals surface area contributed by atoms with Gasteiger partial charge in [-0.15, -0.1) is 0 Å². The molecule has 0 aliphatic carbocycles. The predicted octanol–water partition coefficient (Wildman–Crippen LogP) is 6.22. The minimum atomic E-state index is -0.237. The van der Waals surface area contributed by atoms with Crippen molar-refractivity contribution in [1.82, 2.24) is 4.90 Å². The zero-order valence-corrected chi connectivity index (χ0v) is 20.1. The highest BCUT2D eigenvalue weighted by molar-refractivity contribution is 8.26. The molecule has 164 valence electrons. The number of carbonyl (C=O) groups excluding carboxylic acids is 2. The highest BCUT2D eigenvalue weighted by Crippen LogP contribution is 2.46. The van der Waals surface area contributed by atoms with E-state index in [0.29, 0.717) is 26.4 Å². The third-order valence-corrected chi connectivity index (χ3v) is 7.67. The Balaban J connectivity index is 1.55. The molecule has 1 atom stereocenters. The summed E-state index contributed by atoms with van der Waals surface area (Å²) in [5.74, 6) is -0.455. The lowest BCUT2D eigenvalue weighted by Gasteiger charge is -2.23. The number of nitrogens with zero attached hydrogens (tertiary/aromatic N) is 2. The Morgan fingerprint density at radius 2 is 1.58 bits per heavy atom. The van der Waals surface area contributed by atoms with Gasteiger partial charge in [0.1, 0.15) is 4.32 Å². The van der Waals surface area contributed by atoms with Crippen LogP contribution in [0, 0.1) is 0 Å². The third-order valence-electron chi connectivity index (χ3n) is 5.90. The lowest BCUT2D eigenvalue weighted by molar-refractivity contribution is -0.123. The molecule has 1 unspecified atom stereocenters. The van der Waals surface area contributed by atoms with E-state index in [2.05, 4.69) is 0 Å². The minimum Gasteiger partial charge on any atom is -0.303 e. The minimum absolute atomic E-state index is 0.219. The highest BCUT2D eigenvalue weighted by atomic mass is 35.5. The van der Waals surface area contributed by atoms with Gasteiger partial charge in [-0.05, 0) is 30.2 Å². The van der Waals surface area contributed by atoms with Crippen molar-refractivity contribution in [1.29, 1.82) is 0 Å². The van der Waals surface area contributed by atoms with Crippen LogP contribution in [0.4, 0.5) is 5.69 Å². The first kappa shape index (κ1) is 21.9. The van der Waals surface area contributed by atoms with Gasteiger partial charge in [0.2, 0.25) is 0 Å². The van der Waals surface area contributed by atoms with Crippen LogP contribution in [0.2, 0.25) is 5.02 Å². The second-order valence-electron chi connectivity index (χ2n) is 7.83. The van der Waals surface area contributed by atoms with Crippen LogP contribution in [0.1, 0.15) is 29.7 Å². The fourth-order valence-electron chi connectivity index (χ4n) is 4.20. The Morgan fingerprint density at radius 3 is 2.33 bits per heavy atom. The zero-order valence-electron chi connectivity index (χ0n) is 17.7. The summed E-state index contributed by atoms with van der Waals surface area (Å²) in [6.07, 6.45) is 0. The average molecular weight is 491 g/mol. The molecular weight excluding hydrogens is 472 g/mol. The van der Waals surface area contributed by atoms with Crippen molar-refractivity contribution in [3.63, 3.8) is 0 Å². The Labute approximate surface area is 206 Å². The van der Waals surface area contributed by atoms with Gasteiger partial charge in [0.05, 0.1) is 28.8 Å². The first-order chi connectivity index (χ1) is 16.0. The van der Waals surface area contributed by atoms with Crippen molar-refractivity contribution >= 4 is 63.0 Å². The smallest absolute Gasteiger partial charge is 0.267 e. The highest BCUT2D eigenvalue weighted by Gasteiger charge is 2.43. The van der Waals surface area contributed by atoms with Crippen LogP contribution in [0.25, 0.3) is 5.57 Å². The van der Waals surface area contributed by atoms with Crippen molar-refractivity contribution in [2.75, 3.05) is 4.90 Å². The Kier molecular flexibility index (Phi) is 5.83. The van der Waals surface area contributed by atoms with Crippen LogP contribution in [0.3, 0.4) is 0 Å². The molecule has 1 fully saturated rings. The maximum atomic E-state index is 13.7. The van der Waals surface area contributed by atoms with E-state index in [1.165, 1.54) is 11.8 Å². The van der Waals surface area contributed by atoms with Gasteiger partial charge in [0.25, 0.3) is 11.8 Å². The van der Waals surface area contributed by atoms with Crippen molar-refractivity contribution < 1.29 is 9.59 Å². The second-order valence-corrected chi connectivity index (χ2v) is 9.89. The molecule has 3 aromatic carbocycles. The molecule has 5 rings (SSSR count). The topological polar surface area (TPSA) is 40.6 Å². The molecule has 0 N–H and O–H groups in total. The summed E-state index contributed by atoms with van der Waals surface area (Å²) in [4.78, 5) is 30.9. The van der Waals surface area contributed by atoms with E-state index in [1.807, 2.05) is 79.7 Å². The quantitative estimate of drug-likeness (QED) is 0.321. The molecule has 0 bridgehead atoms. The number of halogens is 1. The largest absolute Gasteiger partial charge is 0.303 e. The van der Waals surface area contributed by atoms with Gasteiger partial charge in [0.15, 0.2) is 0 Å². The number of hydrogen-bond donors (Lipinski definition) is 0. The number of thiocarbonyl (C=S) groups is 1. The molecule has 3 aromatic rings. The number of carbonyl (C=O) groups is 2. The second kappa shape index (κ2) is 8.78. The molecule has 2 aliphatic rings. The van der Waals surface area contributed by atoms with Gasteiger partial charge >= 0.3 is 0 Å². The monoisotopic (exact) mass is 490 g/mol. The summed E-state index contributed by atoms with van der Waals surface area (Å²) < 4.78 is 0.452. The van der Waals surface area contributed by atoms with Gasteiger partial charge in [-0.3, -0.25) is 14.5 Å². The van der Waals surface area contributed by atoms with Gasteiger partial charge < -0.3 is 4.90 Å². The zero-order chi connectivity index (χ0) is 23.1. The molecule has 0 spiro atoms. The lowest BCUT2D eigenvalue weighted by Crippen LogP contribution is -2.31. The molecule has 2 aliphatic heterocycles. The van der Waals surface area contributed by atoms with Gasteiger partial charge in [-0.25, -0.2) is 0 Å². The lowest BCUT2D eigenvalue weighted by atomic mass is 10.1. The number of para-hydroxylation sites is 1. The van der Waals surface area contributed by atoms with Crippen LogP contribution in [0.5, 0.6) is 0 Å². The van der Waals surface area contributed by atoms with Crippen molar-refractivity contribution in [2.24, 2.45) is 0 Å². The van der Waals surface area contributed by atoms with Crippen LogP contribution < -0.4 is 4.90 Å². The maximum absolute atomic E-state index is 13.7. The van der Waals surface area contributed by atoms with Gasteiger partial charge in [0, 0.05) is 10.6 Å². The first-order valence-corrected chi connectivity index (χ1v) is 12.1. The van der Waals surface area contributed by atoms with E-state index >= 15 is 0 Å². The number of benzene rings is 3. The molecule has 1 saturated heterocycles. The molecule has 0 aromatic heterocycles. The van der Waals surface area contributed by atoms with E-state index in [0.717, 1.165) is 22.4 Å². The number of rotatable bonds is 4. The average Bonchev–Trinajstić information content (AvgIpc) is 3.27. The Bertz CT molecular complexity index is 1320. The normalized spacial score (nSPS) is 18.8. The number of amides is 2. The van der Waals surface area contributed by atoms with E-state index in [4.69, 9.17) is 23.8 Å². The van der Waals surface area contributed by atoms with Crippen LogP contribution in [-0.2, 0) is 16.1 Å². The maximum Gasteiger partial charge on any atom is 0.267 e. The van der Waals surface area contributed by atoms with E-state index in [-0.39, 0.29) is 17.9 Å². The summed E-state index contributed by atoms with van der Waals surface area (Å²) in [6, 6.07) is 24.5. The molecule has 2 amide bonds. The van der Waals surface area contributed by atoms with Gasteiger partial charge in [-0.2, -0.15) is 0 Å². The van der Waals surface area contributed by atoms with Crippen molar-refractivity contribution in [3.8, 4) is 0 Å². The Hall–Kier alpha value is -2.93. The van der Waals surface area contributed by atoms with Gasteiger partial charge in [-0.1, -0.05) is 102 Å². The van der Waals surface area contributed by atoms with Crippen LogP contribution in [0.15, 0.2) is 83.8 Å². The van der Waals surface area contributed by atoms with E-state index in [1.54, 1.807) is 15.9 Å². The fourth-order valence-corrected chi connectivity index (χ4v) is 5.88. The van der Waals surface area contributed by atoms with Crippen molar-refractivity contribution in [3.05, 3.63) is 105 Å². The SMILES string of the molecule is CC(c1ccccc1)N1C(=O)C(=C2C(=O)N(Cc3ccccc3Cl)c3ccccc32)SC1=S. The van der Waals surface area contributed by atoms with E-state index < -0.39 is 0 Å². The van der Waals surface area contributed by atoms with Crippen LogP contribution in [-0.4, -0.2) is 21.0 Å². The molecule has 33 heavy (non-hydrogen) atoms. The van der Waals surface area contributed by atoms with Crippen LogP contribution >= 0.6 is 35.6 Å². The fraction of sp³-hybridized carbons (Fsp3) is 0.115. The number of hydrogen-bond acceptors (Lipinski definition) is 4. The number of anilines is 1. The van der Waals surface area contributed by atoms with Crippen molar-refractivity contribution in [2.45, 2.75) is 19.5 Å². The summed E-state index contributed by atoms with van der Waals surface area (Å²) in [6.45, 7) is 2.27. The first-order valence-electron chi connectivity index (χ1n) is 10.5. The summed E-state index contributed by atoms with van der Waals surface area (Å²) in [5.41, 5.74) is 3.73. The van der Waals surface area contributed by atoms with E-state index in [9.17, 15) is 9.59 Å². The Morgan fingerprint density at radius 1 is 0.909 bits per heavy atom. The number of fused-ring (bicyclic) bond motifs is 1. The number of thioether (sulfide) groups is 1. The molecule has 7 heteroatoms. The molecule has 4 nitrogen and oxygen atoms in total. The molecule has 0 radical (unpaired) electrons. The molecular formula is C26H19ClN2O2S2. The summed E-state index contributed by atoms with van der Waals surface area (Å²) in [7, 11) is 0. The standard InChI is InChI=1S/C26H19ClN2O2S2/c1-16(17-9-3-2-4-10-17)29-25(31)23(33-26(29)32)22-19-12-6-8-14-21(19)28(24(22)30)15-18-11-5-7-13-20(18)27/h2-14,16H,15H2,1H3. The predicted molar refractivity (Wildman–Crippen MR) is 138 cm³/mol. The molecule has 0 saturated carbocycles. The summed E-state index contributed by atoms with van der Waals surface area (Å²) >= 11 is 13.1.